The third kappa shape index (κ3) is 4.12. The van der Waals surface area contributed by atoms with Crippen LogP contribution in [0, 0.1) is 0 Å². The topological polar surface area (TPSA) is 181 Å². The summed E-state index contributed by atoms with van der Waals surface area (Å²) in [6.45, 7) is -1.96. The Morgan fingerprint density at radius 3 is 2.20 bits per heavy atom. The molecule has 0 aromatic carbocycles. The van der Waals surface area contributed by atoms with Gasteiger partial charge in [0.2, 0.25) is 0 Å². The Bertz CT molecular complexity index is 426. The lowest BCUT2D eigenvalue weighted by Gasteiger charge is -2.47. The summed E-state index contributed by atoms with van der Waals surface area (Å²) in [7, 11) is 1.51. The van der Waals surface area contributed by atoms with Crippen LogP contribution in [0.3, 0.4) is 0 Å². The van der Waals surface area contributed by atoms with Gasteiger partial charge in [0.05, 0.1) is 19.8 Å². The van der Waals surface area contributed by atoms with Gasteiger partial charge in [0.15, 0.2) is 6.29 Å². The fourth-order valence-electron chi connectivity index (χ4n) is 3.12. The molecule has 0 bridgehead atoms. The molecule has 9 atom stereocenters. The molecule has 2 saturated heterocycles. The van der Waals surface area contributed by atoms with Crippen LogP contribution in [0.25, 0.3) is 0 Å². The highest BCUT2D eigenvalue weighted by atomic mass is 16.7. The molecule has 8 N–H and O–H groups in total. The Balaban J connectivity index is 2.13. The fourth-order valence-corrected chi connectivity index (χ4v) is 3.12. The van der Waals surface area contributed by atoms with E-state index in [1.807, 2.05) is 0 Å². The van der Waals surface area contributed by atoms with Gasteiger partial charge in [-0.05, 0) is 7.05 Å². The standard InChI is InChI=1S/C14H27NO10/c1-15-13-10(20)9(19)11(6(3-16)24-13)25-8-2-14(22,5-18)12(21)7(4-17)23-8/h6-13,15-22H,2-5H2,1H3/t6?,7?,8?,9?,10?,11-,12?,13?,14?/m0/s1. The van der Waals surface area contributed by atoms with E-state index in [9.17, 15) is 35.7 Å². The lowest BCUT2D eigenvalue weighted by atomic mass is 9.87. The molecule has 0 aromatic heterocycles. The summed E-state index contributed by atoms with van der Waals surface area (Å²) in [5, 5.41) is 71.3. The minimum Gasteiger partial charge on any atom is -0.394 e. The second kappa shape index (κ2) is 8.50. The van der Waals surface area contributed by atoms with Gasteiger partial charge < -0.3 is 50.0 Å². The van der Waals surface area contributed by atoms with Gasteiger partial charge in [-0.1, -0.05) is 0 Å². The van der Waals surface area contributed by atoms with Crippen molar-refractivity contribution in [3.63, 3.8) is 0 Å². The Kier molecular flexibility index (Phi) is 7.09. The van der Waals surface area contributed by atoms with Gasteiger partial charge in [-0.15, -0.1) is 0 Å². The first kappa shape index (κ1) is 20.9. The van der Waals surface area contributed by atoms with Crippen LogP contribution in [0.4, 0.5) is 0 Å². The van der Waals surface area contributed by atoms with E-state index in [2.05, 4.69) is 5.32 Å². The molecule has 0 amide bonds. The van der Waals surface area contributed by atoms with Crippen LogP contribution in [0.1, 0.15) is 6.42 Å². The average molecular weight is 369 g/mol. The molecule has 2 heterocycles. The van der Waals surface area contributed by atoms with Crippen molar-refractivity contribution in [2.45, 2.75) is 61.2 Å². The Hall–Kier alpha value is -0.440. The van der Waals surface area contributed by atoms with Gasteiger partial charge in [-0.2, -0.15) is 0 Å². The number of nitrogens with one attached hydrogen (secondary N) is 1. The van der Waals surface area contributed by atoms with Gasteiger partial charge in [0.25, 0.3) is 0 Å². The zero-order valence-corrected chi connectivity index (χ0v) is 13.8. The SMILES string of the molecule is CNC1OC(CO)[C@H](OC2CC(O)(CO)C(O)C(CO)O2)C(O)C1O. The summed E-state index contributed by atoms with van der Waals surface area (Å²) < 4.78 is 16.3. The van der Waals surface area contributed by atoms with Gasteiger partial charge >= 0.3 is 0 Å². The summed E-state index contributed by atoms with van der Waals surface area (Å²) in [5.41, 5.74) is -1.97. The molecule has 2 rings (SSSR count). The smallest absolute Gasteiger partial charge is 0.161 e. The summed E-state index contributed by atoms with van der Waals surface area (Å²) >= 11 is 0. The fraction of sp³-hybridized carbons (Fsp3) is 1.00. The van der Waals surface area contributed by atoms with E-state index in [0.717, 1.165) is 0 Å². The largest absolute Gasteiger partial charge is 0.394 e. The van der Waals surface area contributed by atoms with Gasteiger partial charge in [-0.25, -0.2) is 0 Å². The maximum atomic E-state index is 10.3. The molecule has 11 nitrogen and oxygen atoms in total. The first-order valence-electron chi connectivity index (χ1n) is 8.04. The molecule has 2 aliphatic heterocycles. The van der Waals surface area contributed by atoms with Gasteiger partial charge in [0, 0.05) is 6.42 Å². The number of likely N-dealkylation sites (N-methyl/N-ethyl adjacent to an activating group) is 1. The van der Waals surface area contributed by atoms with E-state index in [0.29, 0.717) is 0 Å². The molecule has 2 aliphatic rings. The zero-order valence-electron chi connectivity index (χ0n) is 13.8. The molecule has 0 radical (unpaired) electrons. The van der Waals surface area contributed by atoms with Crippen LogP contribution in [0.5, 0.6) is 0 Å². The zero-order chi connectivity index (χ0) is 18.8. The van der Waals surface area contributed by atoms with Crippen molar-refractivity contribution in [1.82, 2.24) is 5.32 Å². The first-order chi connectivity index (χ1) is 11.8. The third-order valence-electron chi connectivity index (χ3n) is 4.66. The van der Waals surface area contributed by atoms with Crippen LogP contribution >= 0.6 is 0 Å². The Morgan fingerprint density at radius 2 is 1.68 bits per heavy atom. The van der Waals surface area contributed by atoms with Crippen molar-refractivity contribution >= 4 is 0 Å². The number of aliphatic hydroxyl groups is 7. The number of hydrogen-bond donors (Lipinski definition) is 8. The van der Waals surface area contributed by atoms with Crippen LogP contribution in [-0.4, -0.2) is 117 Å². The molecule has 0 spiro atoms. The second-order valence-corrected chi connectivity index (χ2v) is 6.35. The molecule has 25 heavy (non-hydrogen) atoms. The molecule has 0 aromatic rings. The minimum absolute atomic E-state index is 0.353. The predicted molar refractivity (Wildman–Crippen MR) is 80.1 cm³/mol. The highest BCUT2D eigenvalue weighted by molar-refractivity contribution is 4.97. The van der Waals surface area contributed by atoms with Crippen molar-refractivity contribution in [3.8, 4) is 0 Å². The number of aliphatic hydroxyl groups excluding tert-OH is 6. The van der Waals surface area contributed by atoms with E-state index >= 15 is 0 Å². The number of ether oxygens (including phenoxy) is 3. The van der Waals surface area contributed by atoms with Gasteiger partial charge in [-0.3, -0.25) is 5.32 Å². The highest BCUT2D eigenvalue weighted by Crippen LogP contribution is 2.32. The summed E-state index contributed by atoms with van der Waals surface area (Å²) in [6.07, 6.45) is -10.2. The lowest BCUT2D eigenvalue weighted by molar-refractivity contribution is -0.333. The average Bonchev–Trinajstić information content (AvgIpc) is 2.62. The monoisotopic (exact) mass is 369 g/mol. The predicted octanol–water partition coefficient (Wildman–Crippen LogP) is -4.78. The Labute approximate surface area is 144 Å². The van der Waals surface area contributed by atoms with Crippen LogP contribution in [-0.2, 0) is 14.2 Å². The second-order valence-electron chi connectivity index (χ2n) is 6.35. The van der Waals surface area contributed by atoms with Crippen molar-refractivity contribution in [1.29, 1.82) is 0 Å². The van der Waals surface area contributed by atoms with Crippen LogP contribution < -0.4 is 5.32 Å². The van der Waals surface area contributed by atoms with Crippen molar-refractivity contribution in [3.05, 3.63) is 0 Å². The van der Waals surface area contributed by atoms with Crippen LogP contribution in [0.2, 0.25) is 0 Å². The van der Waals surface area contributed by atoms with E-state index in [1.54, 1.807) is 0 Å². The normalized spacial score (nSPS) is 48.5. The van der Waals surface area contributed by atoms with E-state index in [1.165, 1.54) is 7.05 Å². The summed E-state index contributed by atoms with van der Waals surface area (Å²) in [6, 6.07) is 0. The van der Waals surface area contributed by atoms with Gasteiger partial charge in [0.1, 0.15) is 48.5 Å². The minimum atomic E-state index is -1.97. The number of rotatable bonds is 6. The quantitative estimate of drug-likeness (QED) is 0.225. The molecule has 0 saturated carbocycles. The molecule has 2 fully saturated rings. The van der Waals surface area contributed by atoms with E-state index in [4.69, 9.17) is 14.2 Å². The summed E-state index contributed by atoms with van der Waals surface area (Å²) in [4.78, 5) is 0. The van der Waals surface area contributed by atoms with Crippen molar-refractivity contribution in [2.24, 2.45) is 0 Å². The lowest BCUT2D eigenvalue weighted by Crippen LogP contribution is -2.65. The molecule has 0 aliphatic carbocycles. The highest BCUT2D eigenvalue weighted by Gasteiger charge is 2.51. The molecule has 11 heteroatoms. The van der Waals surface area contributed by atoms with Crippen molar-refractivity contribution in [2.75, 3.05) is 26.9 Å². The summed E-state index contributed by atoms with van der Waals surface area (Å²) in [5.74, 6) is 0. The first-order valence-corrected chi connectivity index (χ1v) is 8.04. The van der Waals surface area contributed by atoms with E-state index < -0.39 is 74.6 Å². The molecular weight excluding hydrogens is 342 g/mol. The molecule has 148 valence electrons. The maximum Gasteiger partial charge on any atom is 0.161 e. The van der Waals surface area contributed by atoms with Crippen LogP contribution in [0.15, 0.2) is 0 Å². The maximum absolute atomic E-state index is 10.3. The molecular formula is C14H27NO10. The molecule has 8 unspecified atom stereocenters. The van der Waals surface area contributed by atoms with Crippen molar-refractivity contribution < 1.29 is 50.0 Å². The third-order valence-corrected chi connectivity index (χ3v) is 4.66. The van der Waals surface area contributed by atoms with E-state index in [-0.39, 0.29) is 6.42 Å². The Morgan fingerprint density at radius 1 is 1.04 bits per heavy atom. The number of hydrogen-bond acceptors (Lipinski definition) is 11.